The van der Waals surface area contributed by atoms with E-state index in [2.05, 4.69) is 9.47 Å². The van der Waals surface area contributed by atoms with E-state index in [-0.39, 0.29) is 0 Å². The number of esters is 2. The normalized spacial score (nSPS) is 13.0. The summed E-state index contributed by atoms with van der Waals surface area (Å²) in [6, 6.07) is 12.7. The number of methoxy groups -OCH3 is 2. The number of rotatable bonds is 5. The van der Waals surface area contributed by atoms with Crippen molar-refractivity contribution in [3.8, 4) is 0 Å². The lowest BCUT2D eigenvalue weighted by molar-refractivity contribution is 0.0592. The van der Waals surface area contributed by atoms with Crippen LogP contribution in [0.5, 0.6) is 0 Å². The molecule has 0 saturated carbocycles. The van der Waals surface area contributed by atoms with E-state index in [0.717, 1.165) is 11.1 Å². The number of nitrogens with two attached hydrogens (primary N) is 2. The second-order valence-electron chi connectivity index (χ2n) is 5.28. The first-order chi connectivity index (χ1) is 11.5. The maximum absolute atomic E-state index is 11.4. The summed E-state index contributed by atoms with van der Waals surface area (Å²) >= 11 is 0. The molecule has 6 heteroatoms. The molecule has 0 aliphatic rings. The number of carbonyl (C=O) groups excluding carboxylic acids is 2. The van der Waals surface area contributed by atoms with Crippen LogP contribution in [0.1, 0.15) is 43.9 Å². The van der Waals surface area contributed by atoms with Gasteiger partial charge in [-0.25, -0.2) is 9.59 Å². The summed E-state index contributed by atoms with van der Waals surface area (Å²) in [4.78, 5) is 22.9. The molecule has 0 fully saturated rings. The standard InChI is InChI=1S/C18H20N2O4/c1-23-17(21)13-7-3-11(4-8-13)15(19)16(20)12-5-9-14(10-6-12)18(22)24-2/h3-10,15-16H,19-20H2,1-2H3. The molecule has 24 heavy (non-hydrogen) atoms. The zero-order valence-electron chi connectivity index (χ0n) is 13.6. The lowest BCUT2D eigenvalue weighted by atomic mass is 9.93. The summed E-state index contributed by atoms with van der Waals surface area (Å²) in [5.41, 5.74) is 14.9. The fourth-order valence-corrected chi connectivity index (χ4v) is 2.33. The third-order valence-electron chi connectivity index (χ3n) is 3.82. The predicted molar refractivity (Wildman–Crippen MR) is 89.4 cm³/mol. The van der Waals surface area contributed by atoms with Crippen LogP contribution in [0.2, 0.25) is 0 Å². The first-order valence-electron chi connectivity index (χ1n) is 7.35. The fraction of sp³-hybridized carbons (Fsp3) is 0.222. The van der Waals surface area contributed by atoms with Crippen LogP contribution in [-0.2, 0) is 9.47 Å². The summed E-state index contributed by atoms with van der Waals surface area (Å²) in [5, 5.41) is 0. The van der Waals surface area contributed by atoms with Gasteiger partial charge in [0.2, 0.25) is 0 Å². The van der Waals surface area contributed by atoms with Crippen molar-refractivity contribution in [1.82, 2.24) is 0 Å². The minimum atomic E-state index is -0.458. The van der Waals surface area contributed by atoms with Crippen LogP contribution in [0.25, 0.3) is 0 Å². The molecule has 0 aliphatic heterocycles. The zero-order valence-corrected chi connectivity index (χ0v) is 13.6. The van der Waals surface area contributed by atoms with Crippen molar-refractivity contribution in [3.63, 3.8) is 0 Å². The Kier molecular flexibility index (Phi) is 5.68. The topological polar surface area (TPSA) is 105 Å². The average Bonchev–Trinajstić information content (AvgIpc) is 2.65. The highest BCUT2D eigenvalue weighted by atomic mass is 16.5. The minimum absolute atomic E-state index is 0.405. The summed E-state index contributed by atoms with van der Waals surface area (Å²) in [5.74, 6) is -0.810. The Balaban J connectivity index is 2.15. The van der Waals surface area contributed by atoms with E-state index in [9.17, 15) is 9.59 Å². The van der Waals surface area contributed by atoms with Crippen LogP contribution < -0.4 is 11.5 Å². The van der Waals surface area contributed by atoms with Gasteiger partial charge >= 0.3 is 11.9 Å². The van der Waals surface area contributed by atoms with Crippen molar-refractivity contribution in [2.75, 3.05) is 14.2 Å². The van der Waals surface area contributed by atoms with Crippen molar-refractivity contribution in [1.29, 1.82) is 0 Å². The van der Waals surface area contributed by atoms with Crippen molar-refractivity contribution < 1.29 is 19.1 Å². The van der Waals surface area contributed by atoms with Gasteiger partial charge in [0.1, 0.15) is 0 Å². The Labute approximate surface area is 140 Å². The molecule has 2 rings (SSSR count). The first kappa shape index (κ1) is 17.7. The number of hydrogen-bond acceptors (Lipinski definition) is 6. The lowest BCUT2D eigenvalue weighted by Gasteiger charge is -2.21. The highest BCUT2D eigenvalue weighted by Gasteiger charge is 2.18. The molecule has 0 aromatic heterocycles. The van der Waals surface area contributed by atoms with Crippen molar-refractivity contribution in [2.45, 2.75) is 12.1 Å². The molecule has 2 atom stereocenters. The Morgan fingerprint density at radius 2 is 1.00 bits per heavy atom. The van der Waals surface area contributed by atoms with Gasteiger partial charge in [-0.3, -0.25) is 0 Å². The van der Waals surface area contributed by atoms with Gasteiger partial charge < -0.3 is 20.9 Å². The minimum Gasteiger partial charge on any atom is -0.465 e. The summed E-state index contributed by atoms with van der Waals surface area (Å²) in [6.07, 6.45) is 0. The maximum atomic E-state index is 11.4. The van der Waals surface area contributed by atoms with Crippen molar-refractivity contribution in [3.05, 3.63) is 70.8 Å². The molecular weight excluding hydrogens is 308 g/mol. The average molecular weight is 328 g/mol. The highest BCUT2D eigenvalue weighted by Crippen LogP contribution is 2.25. The second-order valence-corrected chi connectivity index (χ2v) is 5.28. The molecule has 0 radical (unpaired) electrons. The van der Waals surface area contributed by atoms with Crippen LogP contribution in [-0.4, -0.2) is 26.2 Å². The summed E-state index contributed by atoms with van der Waals surface area (Å²) in [7, 11) is 2.66. The van der Waals surface area contributed by atoms with E-state index in [4.69, 9.17) is 11.5 Å². The van der Waals surface area contributed by atoms with Crippen molar-refractivity contribution in [2.24, 2.45) is 11.5 Å². The number of carbonyl (C=O) groups is 2. The van der Waals surface area contributed by atoms with Gasteiger partial charge in [-0.15, -0.1) is 0 Å². The van der Waals surface area contributed by atoms with E-state index >= 15 is 0 Å². The van der Waals surface area contributed by atoms with E-state index in [1.165, 1.54) is 14.2 Å². The Morgan fingerprint density at radius 1 is 0.708 bits per heavy atom. The molecule has 4 N–H and O–H groups in total. The highest BCUT2D eigenvalue weighted by molar-refractivity contribution is 5.89. The lowest BCUT2D eigenvalue weighted by Crippen LogP contribution is -2.26. The number of ether oxygens (including phenoxy) is 2. The first-order valence-corrected chi connectivity index (χ1v) is 7.35. The maximum Gasteiger partial charge on any atom is 0.337 e. The molecule has 0 heterocycles. The predicted octanol–water partition coefficient (Wildman–Crippen LogP) is 1.96. The SMILES string of the molecule is COC(=O)c1ccc(C(N)C(N)c2ccc(C(=O)OC)cc2)cc1. The molecule has 0 spiro atoms. The molecule has 2 aromatic carbocycles. The summed E-state index contributed by atoms with van der Waals surface area (Å²) in [6.45, 7) is 0. The Hall–Kier alpha value is -2.70. The van der Waals surface area contributed by atoms with Gasteiger partial charge in [-0.05, 0) is 35.4 Å². The molecule has 2 aromatic rings. The number of benzene rings is 2. The molecule has 0 aliphatic carbocycles. The molecule has 126 valence electrons. The number of hydrogen-bond donors (Lipinski definition) is 2. The van der Waals surface area contributed by atoms with E-state index < -0.39 is 24.0 Å². The van der Waals surface area contributed by atoms with Crippen LogP contribution >= 0.6 is 0 Å². The Bertz CT molecular complexity index is 647. The monoisotopic (exact) mass is 328 g/mol. The van der Waals surface area contributed by atoms with Gasteiger partial charge in [-0.1, -0.05) is 24.3 Å². The molecule has 2 unspecified atom stereocenters. The van der Waals surface area contributed by atoms with E-state index in [0.29, 0.717) is 11.1 Å². The van der Waals surface area contributed by atoms with Crippen LogP contribution in [0.15, 0.2) is 48.5 Å². The van der Waals surface area contributed by atoms with Gasteiger partial charge in [-0.2, -0.15) is 0 Å². The molecule has 0 amide bonds. The molecular formula is C18H20N2O4. The smallest absolute Gasteiger partial charge is 0.337 e. The fourth-order valence-electron chi connectivity index (χ4n) is 2.33. The molecule has 0 saturated heterocycles. The quantitative estimate of drug-likeness (QED) is 0.813. The van der Waals surface area contributed by atoms with Crippen molar-refractivity contribution >= 4 is 11.9 Å². The third-order valence-corrected chi connectivity index (χ3v) is 3.82. The van der Waals surface area contributed by atoms with Gasteiger partial charge in [0.05, 0.1) is 25.3 Å². The third kappa shape index (κ3) is 3.79. The summed E-state index contributed by atoms with van der Waals surface area (Å²) < 4.78 is 9.32. The van der Waals surface area contributed by atoms with Crippen LogP contribution in [0, 0.1) is 0 Å². The zero-order chi connectivity index (χ0) is 17.7. The molecule has 0 bridgehead atoms. The Morgan fingerprint density at radius 3 is 1.25 bits per heavy atom. The van der Waals surface area contributed by atoms with Gasteiger partial charge in [0.25, 0.3) is 0 Å². The molecule has 6 nitrogen and oxygen atoms in total. The van der Waals surface area contributed by atoms with E-state index in [1.54, 1.807) is 48.5 Å². The van der Waals surface area contributed by atoms with Gasteiger partial charge in [0.15, 0.2) is 0 Å². The van der Waals surface area contributed by atoms with Gasteiger partial charge in [0, 0.05) is 12.1 Å². The second kappa shape index (κ2) is 7.72. The van der Waals surface area contributed by atoms with E-state index in [1.807, 2.05) is 0 Å². The van der Waals surface area contributed by atoms with Crippen LogP contribution in [0.3, 0.4) is 0 Å². The largest absolute Gasteiger partial charge is 0.465 e. The van der Waals surface area contributed by atoms with Crippen LogP contribution in [0.4, 0.5) is 0 Å².